The standard InChI is InChI=1S/C35H41N5O6S/c1-22-6-12-26(13-7-22)39-31(21-30(38-39)35(2,3)4)37-34(42)36-25-10-8-23(9-11-25)18-24-19-27-14-15-28(20-24)40(27)47(43,44)32-17-16-29(46-32)33(41)45-5/h6-13,16-17,21,24,27-28H,14-15,18-20H2,1-5H3,(H2,36,37,42). The number of fused-ring (bicyclic) bond motifs is 2. The van der Waals surface area contributed by atoms with E-state index < -0.39 is 16.0 Å². The van der Waals surface area contributed by atoms with E-state index >= 15 is 0 Å². The second kappa shape index (κ2) is 12.6. The first-order valence-electron chi connectivity index (χ1n) is 15.9. The van der Waals surface area contributed by atoms with Gasteiger partial charge in [0.05, 0.1) is 18.5 Å². The summed E-state index contributed by atoms with van der Waals surface area (Å²) in [7, 11) is -2.65. The van der Waals surface area contributed by atoms with Gasteiger partial charge in [-0.3, -0.25) is 5.32 Å². The Labute approximate surface area is 275 Å². The van der Waals surface area contributed by atoms with Crippen molar-refractivity contribution >= 4 is 33.5 Å². The van der Waals surface area contributed by atoms with Crippen LogP contribution in [0.25, 0.3) is 5.69 Å². The van der Waals surface area contributed by atoms with Gasteiger partial charge in [0.2, 0.25) is 10.9 Å². The van der Waals surface area contributed by atoms with Gasteiger partial charge in [-0.1, -0.05) is 50.6 Å². The number of nitrogens with one attached hydrogen (secondary N) is 2. The molecule has 0 aliphatic carbocycles. The number of hydrogen-bond donors (Lipinski definition) is 2. The van der Waals surface area contributed by atoms with E-state index in [0.29, 0.717) is 17.4 Å². The molecular formula is C35H41N5O6S. The Bertz CT molecular complexity index is 1860. The molecule has 47 heavy (non-hydrogen) atoms. The lowest BCUT2D eigenvalue weighted by molar-refractivity contribution is 0.0558. The molecule has 2 aromatic heterocycles. The molecule has 12 heteroatoms. The van der Waals surface area contributed by atoms with Crippen LogP contribution in [-0.2, 0) is 26.6 Å². The molecule has 2 atom stereocenters. The molecular weight excluding hydrogens is 618 g/mol. The summed E-state index contributed by atoms with van der Waals surface area (Å²) in [5.41, 5.74) is 4.45. The number of sulfonamides is 1. The highest BCUT2D eigenvalue weighted by Crippen LogP contribution is 2.43. The lowest BCUT2D eigenvalue weighted by atomic mass is 9.87. The van der Waals surface area contributed by atoms with E-state index in [1.54, 1.807) is 8.99 Å². The monoisotopic (exact) mass is 659 g/mol. The van der Waals surface area contributed by atoms with Gasteiger partial charge in [0.15, 0.2) is 0 Å². The van der Waals surface area contributed by atoms with Crippen LogP contribution in [0.2, 0.25) is 0 Å². The van der Waals surface area contributed by atoms with Crippen molar-refractivity contribution in [1.82, 2.24) is 14.1 Å². The van der Waals surface area contributed by atoms with Crippen molar-refractivity contribution in [3.63, 3.8) is 0 Å². The predicted octanol–water partition coefficient (Wildman–Crippen LogP) is 6.68. The summed E-state index contributed by atoms with van der Waals surface area (Å²) in [5, 5.41) is 10.5. The zero-order valence-corrected chi connectivity index (χ0v) is 28.1. The minimum absolute atomic E-state index is 0.118. The average molecular weight is 660 g/mol. The highest BCUT2D eigenvalue weighted by atomic mass is 32.2. The lowest BCUT2D eigenvalue weighted by Crippen LogP contribution is -2.46. The topological polar surface area (TPSA) is 136 Å². The summed E-state index contributed by atoms with van der Waals surface area (Å²) in [6.07, 6.45) is 3.89. The molecule has 4 heterocycles. The quantitative estimate of drug-likeness (QED) is 0.202. The van der Waals surface area contributed by atoms with Crippen LogP contribution < -0.4 is 10.6 Å². The van der Waals surface area contributed by atoms with E-state index in [1.165, 1.54) is 19.2 Å². The highest BCUT2D eigenvalue weighted by molar-refractivity contribution is 7.89. The number of ether oxygens (including phenoxy) is 1. The Morgan fingerprint density at radius 1 is 0.957 bits per heavy atom. The first kappa shape index (κ1) is 32.5. The van der Waals surface area contributed by atoms with E-state index in [1.807, 2.05) is 61.5 Å². The molecule has 2 aliphatic rings. The number of nitrogens with zero attached hydrogens (tertiary/aromatic N) is 3. The van der Waals surface area contributed by atoms with E-state index in [-0.39, 0.29) is 34.4 Å². The number of aromatic nitrogens is 2. The minimum Gasteiger partial charge on any atom is -0.463 e. The number of benzene rings is 2. The molecule has 2 amide bonds. The van der Waals surface area contributed by atoms with Gasteiger partial charge in [-0.2, -0.15) is 9.40 Å². The maximum Gasteiger partial charge on any atom is 0.374 e. The third kappa shape index (κ3) is 6.84. The van der Waals surface area contributed by atoms with Gasteiger partial charge >= 0.3 is 12.0 Å². The molecule has 2 aromatic carbocycles. The van der Waals surface area contributed by atoms with E-state index in [2.05, 4.69) is 36.1 Å². The summed E-state index contributed by atoms with van der Waals surface area (Å²) in [4.78, 5) is 24.9. The molecule has 0 saturated carbocycles. The summed E-state index contributed by atoms with van der Waals surface area (Å²) in [6, 6.07) is 19.7. The van der Waals surface area contributed by atoms with E-state index in [9.17, 15) is 18.0 Å². The predicted molar refractivity (Wildman–Crippen MR) is 178 cm³/mol. The molecule has 248 valence electrons. The van der Waals surface area contributed by atoms with Crippen molar-refractivity contribution < 1.29 is 27.2 Å². The van der Waals surface area contributed by atoms with Crippen molar-refractivity contribution in [3.8, 4) is 5.69 Å². The van der Waals surface area contributed by atoms with Crippen LogP contribution >= 0.6 is 0 Å². The number of methoxy groups -OCH3 is 1. The van der Waals surface area contributed by atoms with Crippen LogP contribution in [-0.4, -0.2) is 53.7 Å². The zero-order valence-electron chi connectivity index (χ0n) is 27.3. The number of aryl methyl sites for hydroxylation is 1. The van der Waals surface area contributed by atoms with Crippen LogP contribution in [0.15, 0.2) is 76.2 Å². The van der Waals surface area contributed by atoms with Gasteiger partial charge in [-0.15, -0.1) is 0 Å². The Hall–Kier alpha value is -4.42. The van der Waals surface area contributed by atoms with Gasteiger partial charge in [0.25, 0.3) is 10.0 Å². The Morgan fingerprint density at radius 2 is 1.62 bits per heavy atom. The van der Waals surface area contributed by atoms with Crippen LogP contribution in [0.4, 0.5) is 16.3 Å². The maximum absolute atomic E-state index is 13.5. The largest absolute Gasteiger partial charge is 0.463 e. The Kier molecular flexibility index (Phi) is 8.75. The normalized spacial score (nSPS) is 19.8. The number of piperidine rings is 1. The van der Waals surface area contributed by atoms with Gasteiger partial charge in [0.1, 0.15) is 5.82 Å². The maximum atomic E-state index is 13.5. The summed E-state index contributed by atoms with van der Waals surface area (Å²) < 4.78 is 40.3. The molecule has 2 unspecified atom stereocenters. The molecule has 11 nitrogen and oxygen atoms in total. The molecule has 2 bridgehead atoms. The smallest absolute Gasteiger partial charge is 0.374 e. The van der Waals surface area contributed by atoms with E-state index in [4.69, 9.17) is 9.52 Å². The summed E-state index contributed by atoms with van der Waals surface area (Å²) in [6.45, 7) is 8.28. The number of urea groups is 1. The van der Waals surface area contributed by atoms with Crippen molar-refractivity contribution in [1.29, 1.82) is 0 Å². The molecule has 2 N–H and O–H groups in total. The summed E-state index contributed by atoms with van der Waals surface area (Å²) in [5.74, 6) is 0.0525. The third-order valence-electron chi connectivity index (χ3n) is 9.00. The highest BCUT2D eigenvalue weighted by Gasteiger charge is 2.48. The van der Waals surface area contributed by atoms with Gasteiger partial charge in [0, 0.05) is 29.3 Å². The van der Waals surface area contributed by atoms with Crippen LogP contribution in [0, 0.1) is 12.8 Å². The van der Waals surface area contributed by atoms with E-state index in [0.717, 1.165) is 54.6 Å². The van der Waals surface area contributed by atoms with Crippen molar-refractivity contribution in [3.05, 3.63) is 89.3 Å². The Morgan fingerprint density at radius 3 is 2.23 bits per heavy atom. The molecule has 4 aromatic rings. The third-order valence-corrected chi connectivity index (χ3v) is 10.9. The van der Waals surface area contributed by atoms with Gasteiger partial charge in [-0.05, 0) is 86.9 Å². The number of anilines is 2. The fourth-order valence-corrected chi connectivity index (χ4v) is 8.45. The number of carbonyl (C=O) groups excluding carboxylic acids is 2. The SMILES string of the molecule is COC(=O)c1ccc(S(=O)(=O)N2C3CCC2CC(Cc2ccc(NC(=O)Nc4cc(C(C)(C)C)nn4-c4ccc(C)cc4)cc2)C3)o1. The molecule has 0 spiro atoms. The number of carbonyl (C=O) groups is 2. The first-order chi connectivity index (χ1) is 22.3. The van der Waals surface area contributed by atoms with Crippen molar-refractivity contribution in [2.24, 2.45) is 5.92 Å². The lowest BCUT2D eigenvalue weighted by Gasteiger charge is -2.37. The second-order valence-electron chi connectivity index (χ2n) is 13.6. The first-order valence-corrected chi connectivity index (χ1v) is 17.3. The van der Waals surface area contributed by atoms with Crippen molar-refractivity contribution in [2.45, 2.75) is 82.4 Å². The number of furan rings is 1. The van der Waals surface area contributed by atoms with Gasteiger partial charge in [-0.25, -0.2) is 22.7 Å². The minimum atomic E-state index is -3.87. The number of esters is 1. The van der Waals surface area contributed by atoms with Crippen LogP contribution in [0.5, 0.6) is 0 Å². The number of hydrogen-bond acceptors (Lipinski definition) is 7. The Balaban J connectivity index is 1.08. The summed E-state index contributed by atoms with van der Waals surface area (Å²) >= 11 is 0. The number of amides is 2. The molecule has 2 fully saturated rings. The average Bonchev–Trinajstić information content (AvgIpc) is 3.76. The number of rotatable bonds is 8. The zero-order chi connectivity index (χ0) is 33.5. The second-order valence-corrected chi connectivity index (χ2v) is 15.3. The van der Waals surface area contributed by atoms with Crippen molar-refractivity contribution in [2.75, 3.05) is 17.7 Å². The molecule has 2 saturated heterocycles. The van der Waals surface area contributed by atoms with Crippen LogP contribution in [0.1, 0.15) is 73.8 Å². The molecule has 0 radical (unpaired) electrons. The molecule has 2 aliphatic heterocycles. The fraction of sp³-hybridized carbons (Fsp3) is 0.400. The van der Waals surface area contributed by atoms with Gasteiger partial charge < -0.3 is 14.5 Å². The molecule has 6 rings (SSSR count). The fourth-order valence-electron chi connectivity index (χ4n) is 6.63. The van der Waals surface area contributed by atoms with Crippen LogP contribution in [0.3, 0.4) is 0 Å².